The minimum absolute atomic E-state index is 0.0852. The SMILES string of the molecule is COC(=O)CN1C[C@@H](N)[C@H](c2ccccc2)C1. The third-order valence-electron chi connectivity index (χ3n) is 3.25. The Kier molecular flexibility index (Phi) is 3.76. The molecule has 0 unspecified atom stereocenters. The summed E-state index contributed by atoms with van der Waals surface area (Å²) in [7, 11) is 1.41. The number of likely N-dealkylation sites (tertiary alicyclic amines) is 1. The maximum Gasteiger partial charge on any atom is 0.319 e. The number of nitrogens with two attached hydrogens (primary N) is 1. The Morgan fingerprint density at radius 2 is 2.12 bits per heavy atom. The van der Waals surface area contributed by atoms with Gasteiger partial charge in [-0.3, -0.25) is 9.69 Å². The van der Waals surface area contributed by atoms with Gasteiger partial charge >= 0.3 is 5.97 Å². The number of hydrogen-bond acceptors (Lipinski definition) is 4. The molecule has 1 heterocycles. The van der Waals surface area contributed by atoms with Gasteiger partial charge in [0, 0.05) is 25.0 Å². The molecular weight excluding hydrogens is 216 g/mol. The summed E-state index contributed by atoms with van der Waals surface area (Å²) in [5.74, 6) is 0.103. The van der Waals surface area contributed by atoms with Crippen LogP contribution in [-0.2, 0) is 9.53 Å². The molecule has 1 saturated heterocycles. The van der Waals surface area contributed by atoms with Gasteiger partial charge in [0.05, 0.1) is 13.7 Å². The fourth-order valence-electron chi connectivity index (χ4n) is 2.34. The van der Waals surface area contributed by atoms with Crippen LogP contribution in [-0.4, -0.2) is 43.7 Å². The Balaban J connectivity index is 2.00. The highest BCUT2D eigenvalue weighted by atomic mass is 16.5. The fourth-order valence-corrected chi connectivity index (χ4v) is 2.34. The summed E-state index contributed by atoms with van der Waals surface area (Å²) < 4.78 is 4.67. The van der Waals surface area contributed by atoms with E-state index in [9.17, 15) is 4.79 Å². The first-order chi connectivity index (χ1) is 8.20. The van der Waals surface area contributed by atoms with Crippen LogP contribution in [0.25, 0.3) is 0 Å². The molecule has 1 aliphatic rings. The molecule has 92 valence electrons. The lowest BCUT2D eigenvalue weighted by atomic mass is 9.95. The minimum Gasteiger partial charge on any atom is -0.468 e. The third kappa shape index (κ3) is 2.84. The molecule has 0 aromatic heterocycles. The number of rotatable bonds is 3. The van der Waals surface area contributed by atoms with Crippen LogP contribution in [0.15, 0.2) is 30.3 Å². The second-order valence-corrected chi connectivity index (χ2v) is 4.45. The van der Waals surface area contributed by atoms with E-state index in [-0.39, 0.29) is 12.0 Å². The van der Waals surface area contributed by atoms with Crippen molar-refractivity contribution in [1.82, 2.24) is 4.90 Å². The van der Waals surface area contributed by atoms with E-state index in [2.05, 4.69) is 16.9 Å². The molecule has 4 nitrogen and oxygen atoms in total. The van der Waals surface area contributed by atoms with Crippen LogP contribution in [0.4, 0.5) is 0 Å². The lowest BCUT2D eigenvalue weighted by Gasteiger charge is -2.14. The van der Waals surface area contributed by atoms with Crippen molar-refractivity contribution in [2.75, 3.05) is 26.7 Å². The second kappa shape index (κ2) is 5.29. The van der Waals surface area contributed by atoms with Crippen LogP contribution < -0.4 is 5.73 Å². The van der Waals surface area contributed by atoms with Crippen LogP contribution >= 0.6 is 0 Å². The van der Waals surface area contributed by atoms with Gasteiger partial charge in [-0.15, -0.1) is 0 Å². The van der Waals surface area contributed by atoms with Gasteiger partial charge in [-0.2, -0.15) is 0 Å². The highest BCUT2D eigenvalue weighted by molar-refractivity contribution is 5.71. The van der Waals surface area contributed by atoms with Crippen molar-refractivity contribution in [1.29, 1.82) is 0 Å². The lowest BCUT2D eigenvalue weighted by Crippen LogP contribution is -2.31. The first-order valence-electron chi connectivity index (χ1n) is 5.80. The van der Waals surface area contributed by atoms with E-state index in [0.29, 0.717) is 12.5 Å². The van der Waals surface area contributed by atoms with Crippen molar-refractivity contribution < 1.29 is 9.53 Å². The number of carbonyl (C=O) groups excluding carboxylic acids is 1. The van der Waals surface area contributed by atoms with Crippen molar-refractivity contribution in [3.63, 3.8) is 0 Å². The molecule has 0 amide bonds. The van der Waals surface area contributed by atoms with E-state index >= 15 is 0 Å². The molecule has 0 bridgehead atoms. The first-order valence-corrected chi connectivity index (χ1v) is 5.80. The van der Waals surface area contributed by atoms with Crippen LogP contribution in [0.5, 0.6) is 0 Å². The van der Waals surface area contributed by atoms with Crippen molar-refractivity contribution in [3.05, 3.63) is 35.9 Å². The molecule has 1 fully saturated rings. The predicted octanol–water partition coefficient (Wildman–Crippen LogP) is 0.586. The zero-order valence-corrected chi connectivity index (χ0v) is 10.0. The summed E-state index contributed by atoms with van der Waals surface area (Å²) in [4.78, 5) is 13.3. The molecule has 2 atom stereocenters. The van der Waals surface area contributed by atoms with Gasteiger partial charge < -0.3 is 10.5 Å². The second-order valence-electron chi connectivity index (χ2n) is 4.45. The topological polar surface area (TPSA) is 55.6 Å². The maximum atomic E-state index is 11.2. The molecule has 0 spiro atoms. The molecule has 0 aliphatic carbocycles. The minimum atomic E-state index is -0.203. The molecule has 17 heavy (non-hydrogen) atoms. The average molecular weight is 234 g/mol. The summed E-state index contributed by atoms with van der Waals surface area (Å²) in [6, 6.07) is 10.3. The largest absolute Gasteiger partial charge is 0.468 e. The number of esters is 1. The van der Waals surface area contributed by atoms with Gasteiger partial charge in [-0.1, -0.05) is 30.3 Å². The molecule has 0 radical (unpaired) electrons. The van der Waals surface area contributed by atoms with E-state index in [4.69, 9.17) is 5.73 Å². The monoisotopic (exact) mass is 234 g/mol. The van der Waals surface area contributed by atoms with Gasteiger partial charge in [-0.05, 0) is 5.56 Å². The zero-order valence-electron chi connectivity index (χ0n) is 10.0. The Morgan fingerprint density at radius 3 is 2.76 bits per heavy atom. The van der Waals surface area contributed by atoms with E-state index in [1.54, 1.807) is 0 Å². The number of benzene rings is 1. The summed E-state index contributed by atoms with van der Waals surface area (Å²) in [5, 5.41) is 0. The van der Waals surface area contributed by atoms with Crippen molar-refractivity contribution in [3.8, 4) is 0 Å². The predicted molar refractivity (Wildman–Crippen MR) is 65.6 cm³/mol. The first kappa shape index (κ1) is 12.1. The van der Waals surface area contributed by atoms with Gasteiger partial charge in [0.2, 0.25) is 0 Å². The smallest absolute Gasteiger partial charge is 0.319 e. The van der Waals surface area contributed by atoms with Gasteiger partial charge in [0.25, 0.3) is 0 Å². The molecular formula is C13H18N2O2. The summed E-state index contributed by atoms with van der Waals surface area (Å²) in [6.07, 6.45) is 0. The lowest BCUT2D eigenvalue weighted by molar-refractivity contribution is -0.141. The molecule has 4 heteroatoms. The maximum absolute atomic E-state index is 11.2. The van der Waals surface area contributed by atoms with E-state index in [1.165, 1.54) is 12.7 Å². The quantitative estimate of drug-likeness (QED) is 0.778. The Morgan fingerprint density at radius 1 is 1.41 bits per heavy atom. The molecule has 1 aromatic carbocycles. The Hall–Kier alpha value is -1.39. The summed E-state index contributed by atoms with van der Waals surface area (Å²) in [5.41, 5.74) is 7.37. The van der Waals surface area contributed by atoms with Crippen molar-refractivity contribution >= 4 is 5.97 Å². The zero-order chi connectivity index (χ0) is 12.3. The number of hydrogen-bond donors (Lipinski definition) is 1. The number of carbonyl (C=O) groups is 1. The van der Waals surface area contributed by atoms with Crippen molar-refractivity contribution in [2.24, 2.45) is 5.73 Å². The Bertz CT molecular complexity index is 380. The van der Waals surface area contributed by atoms with E-state index in [0.717, 1.165) is 13.1 Å². The summed E-state index contributed by atoms with van der Waals surface area (Å²) >= 11 is 0. The van der Waals surface area contributed by atoms with E-state index < -0.39 is 0 Å². The third-order valence-corrected chi connectivity index (χ3v) is 3.25. The van der Waals surface area contributed by atoms with Gasteiger partial charge in [0.1, 0.15) is 0 Å². The highest BCUT2D eigenvalue weighted by Gasteiger charge is 2.32. The van der Waals surface area contributed by atoms with Crippen LogP contribution in [0.2, 0.25) is 0 Å². The van der Waals surface area contributed by atoms with Gasteiger partial charge in [0.15, 0.2) is 0 Å². The highest BCUT2D eigenvalue weighted by Crippen LogP contribution is 2.25. The fraction of sp³-hybridized carbons (Fsp3) is 0.462. The molecule has 1 aliphatic heterocycles. The van der Waals surface area contributed by atoms with Crippen LogP contribution in [0.1, 0.15) is 11.5 Å². The number of methoxy groups -OCH3 is 1. The average Bonchev–Trinajstić information content (AvgIpc) is 2.71. The standard InChI is InChI=1S/C13H18N2O2/c1-17-13(16)9-15-7-11(12(14)8-15)10-5-3-2-4-6-10/h2-6,11-12H,7-9,14H2,1H3/t11-,12+/m0/s1. The Labute approximate surface area is 101 Å². The van der Waals surface area contributed by atoms with Crippen LogP contribution in [0, 0.1) is 0 Å². The molecule has 1 aromatic rings. The summed E-state index contributed by atoms with van der Waals surface area (Å²) in [6.45, 7) is 1.89. The number of ether oxygens (including phenoxy) is 1. The normalized spacial score (nSPS) is 24.8. The van der Waals surface area contributed by atoms with Gasteiger partial charge in [-0.25, -0.2) is 0 Å². The van der Waals surface area contributed by atoms with E-state index in [1.807, 2.05) is 23.1 Å². The molecule has 2 N–H and O–H groups in total. The number of nitrogens with zero attached hydrogens (tertiary/aromatic N) is 1. The molecule has 0 saturated carbocycles. The van der Waals surface area contributed by atoms with Crippen LogP contribution in [0.3, 0.4) is 0 Å². The van der Waals surface area contributed by atoms with Crippen molar-refractivity contribution in [2.45, 2.75) is 12.0 Å². The molecule has 2 rings (SSSR count).